The average molecular weight is 345 g/mol. The van der Waals surface area contributed by atoms with Crippen LogP contribution >= 0.6 is 0 Å². The van der Waals surface area contributed by atoms with Crippen LogP contribution in [-0.4, -0.2) is 54.2 Å². The third-order valence-corrected chi connectivity index (χ3v) is 4.22. The van der Waals surface area contributed by atoms with Gasteiger partial charge in [0.25, 0.3) is 0 Å². The lowest BCUT2D eigenvalue weighted by atomic mass is 9.86. The summed E-state index contributed by atoms with van der Waals surface area (Å²) in [5.74, 6) is -0.728. The molecule has 3 N–H and O–H groups in total. The molecule has 3 rings (SSSR count). The maximum Gasteiger partial charge on any atom is 0.328 e. The number of benzene rings is 1. The van der Waals surface area contributed by atoms with Gasteiger partial charge in [-0.25, -0.2) is 9.59 Å². The fourth-order valence-corrected chi connectivity index (χ4v) is 3.23. The molecule has 0 spiro atoms. The van der Waals surface area contributed by atoms with E-state index in [-0.39, 0.29) is 0 Å². The van der Waals surface area contributed by atoms with E-state index < -0.39 is 11.9 Å². The highest BCUT2D eigenvalue weighted by Gasteiger charge is 2.33. The number of carbonyl (C=O) groups is 2. The van der Waals surface area contributed by atoms with Crippen LogP contribution in [0.5, 0.6) is 0 Å². The molecule has 0 amide bonds. The monoisotopic (exact) mass is 345 g/mol. The van der Waals surface area contributed by atoms with Crippen LogP contribution in [0.4, 0.5) is 5.69 Å². The van der Waals surface area contributed by atoms with Crippen molar-refractivity contribution in [3.05, 3.63) is 42.0 Å². The first kappa shape index (κ1) is 18.5. The van der Waals surface area contributed by atoms with E-state index in [9.17, 15) is 9.59 Å². The molecule has 0 saturated carbocycles. The number of nitrogens with one attached hydrogen (secondary N) is 1. The summed E-state index contributed by atoms with van der Waals surface area (Å²) in [6, 6.07) is 9.11. The van der Waals surface area contributed by atoms with Crippen molar-refractivity contribution in [3.63, 3.8) is 0 Å². The van der Waals surface area contributed by atoms with Crippen molar-refractivity contribution >= 4 is 23.5 Å². The number of hydrogen-bond donors (Lipinski definition) is 3. The first-order chi connectivity index (χ1) is 11.9. The van der Waals surface area contributed by atoms with Crippen LogP contribution in [0.3, 0.4) is 0 Å². The first-order valence-electron chi connectivity index (χ1n) is 8.13. The number of hydrogen-bond acceptors (Lipinski definition) is 5. The molecule has 0 radical (unpaired) electrons. The number of carboxylic acids is 2. The molecule has 0 bridgehead atoms. The zero-order chi connectivity index (χ0) is 18.4. The van der Waals surface area contributed by atoms with Crippen LogP contribution in [0.15, 0.2) is 41.4 Å². The smallest absolute Gasteiger partial charge is 0.328 e. The van der Waals surface area contributed by atoms with Gasteiger partial charge in [-0.2, -0.15) is 0 Å². The standard InChI is InChI=1S/C14H19N3.C4H4O4/c1-10-9-11-5-3-4-6-12(11)17(2)13(10)14-15-7-8-16-14;5-3(6)1-2-4(7)8/h3-6,10,13H,7-9H2,1-2H3,(H,15,16);1-2H,(H,5,6)(H,7,8)/b;2-1-. The fourth-order valence-electron chi connectivity index (χ4n) is 3.23. The molecule has 134 valence electrons. The predicted octanol–water partition coefficient (Wildman–Crippen LogP) is 1.40. The number of amidine groups is 1. The largest absolute Gasteiger partial charge is 0.478 e. The maximum atomic E-state index is 9.55. The normalized spacial score (nSPS) is 21.7. The van der Waals surface area contributed by atoms with E-state index in [0.717, 1.165) is 19.5 Å². The van der Waals surface area contributed by atoms with Gasteiger partial charge in [0.05, 0.1) is 12.6 Å². The van der Waals surface area contributed by atoms with Crippen LogP contribution < -0.4 is 10.2 Å². The van der Waals surface area contributed by atoms with E-state index in [0.29, 0.717) is 24.1 Å². The van der Waals surface area contributed by atoms with Crippen molar-refractivity contribution in [1.82, 2.24) is 5.32 Å². The highest BCUT2D eigenvalue weighted by atomic mass is 16.4. The number of aliphatic imine (C=N–C) groups is 1. The van der Waals surface area contributed by atoms with Crippen molar-refractivity contribution in [2.75, 3.05) is 25.0 Å². The van der Waals surface area contributed by atoms with E-state index >= 15 is 0 Å². The van der Waals surface area contributed by atoms with Gasteiger partial charge in [-0.1, -0.05) is 25.1 Å². The quantitative estimate of drug-likeness (QED) is 0.716. The Balaban J connectivity index is 0.000000242. The second-order valence-electron chi connectivity index (χ2n) is 6.07. The van der Waals surface area contributed by atoms with Crippen molar-refractivity contribution in [3.8, 4) is 0 Å². The summed E-state index contributed by atoms with van der Waals surface area (Å²) in [6.07, 6.45) is 2.26. The van der Waals surface area contributed by atoms with Gasteiger partial charge in [-0.15, -0.1) is 0 Å². The molecule has 0 fully saturated rings. The summed E-state index contributed by atoms with van der Waals surface area (Å²) in [7, 11) is 2.18. The number of para-hydroxylation sites is 1. The Morgan fingerprint density at radius 2 is 1.88 bits per heavy atom. The molecule has 1 aromatic rings. The maximum absolute atomic E-state index is 9.55. The summed E-state index contributed by atoms with van der Waals surface area (Å²) in [6.45, 7) is 4.24. The van der Waals surface area contributed by atoms with Crippen molar-refractivity contribution < 1.29 is 19.8 Å². The van der Waals surface area contributed by atoms with E-state index in [2.05, 4.69) is 53.4 Å². The number of nitrogens with zero attached hydrogens (tertiary/aromatic N) is 2. The minimum Gasteiger partial charge on any atom is -0.478 e. The number of fused-ring (bicyclic) bond motifs is 1. The van der Waals surface area contributed by atoms with E-state index in [1.165, 1.54) is 17.1 Å². The Kier molecular flexibility index (Phi) is 6.16. The molecule has 0 saturated heterocycles. The summed E-state index contributed by atoms with van der Waals surface area (Å²) in [4.78, 5) is 26.1. The number of likely N-dealkylation sites (N-methyl/N-ethyl adjacent to an activating group) is 1. The molecule has 25 heavy (non-hydrogen) atoms. The van der Waals surface area contributed by atoms with Gasteiger partial charge in [0.1, 0.15) is 5.84 Å². The number of carboxylic acid groups (broad SMARTS) is 2. The number of rotatable bonds is 3. The Morgan fingerprint density at radius 3 is 2.44 bits per heavy atom. The Labute approximate surface area is 146 Å². The van der Waals surface area contributed by atoms with Gasteiger partial charge in [0.15, 0.2) is 0 Å². The second-order valence-corrected chi connectivity index (χ2v) is 6.07. The highest BCUT2D eigenvalue weighted by molar-refractivity contribution is 5.92. The average Bonchev–Trinajstić information content (AvgIpc) is 3.08. The van der Waals surface area contributed by atoms with Crippen LogP contribution in [-0.2, 0) is 16.0 Å². The molecule has 2 heterocycles. The predicted molar refractivity (Wildman–Crippen MR) is 96.2 cm³/mol. The van der Waals surface area contributed by atoms with Crippen molar-refractivity contribution in [2.45, 2.75) is 19.4 Å². The van der Waals surface area contributed by atoms with Gasteiger partial charge < -0.3 is 20.4 Å². The van der Waals surface area contributed by atoms with Crippen LogP contribution in [0, 0.1) is 5.92 Å². The minimum atomic E-state index is -1.26. The molecular formula is C18H23N3O4. The minimum absolute atomic E-state index is 0.410. The summed E-state index contributed by atoms with van der Waals surface area (Å²) in [5.41, 5.74) is 2.81. The van der Waals surface area contributed by atoms with E-state index in [1.54, 1.807) is 0 Å². The zero-order valence-corrected chi connectivity index (χ0v) is 14.3. The third kappa shape index (κ3) is 4.82. The van der Waals surface area contributed by atoms with Crippen LogP contribution in [0.1, 0.15) is 12.5 Å². The van der Waals surface area contributed by atoms with Gasteiger partial charge >= 0.3 is 11.9 Å². The fraction of sp³-hybridized carbons (Fsp3) is 0.389. The molecular weight excluding hydrogens is 322 g/mol. The summed E-state index contributed by atoms with van der Waals surface area (Å²) >= 11 is 0. The van der Waals surface area contributed by atoms with Gasteiger partial charge in [-0.05, 0) is 24.0 Å². The third-order valence-electron chi connectivity index (χ3n) is 4.22. The van der Waals surface area contributed by atoms with Gasteiger partial charge in [0, 0.05) is 31.4 Å². The summed E-state index contributed by atoms with van der Waals surface area (Å²) in [5, 5.41) is 19.1. The molecule has 2 unspecified atom stereocenters. The molecule has 7 nitrogen and oxygen atoms in total. The van der Waals surface area contributed by atoms with Crippen LogP contribution in [0.25, 0.3) is 0 Å². The topological polar surface area (TPSA) is 102 Å². The van der Waals surface area contributed by atoms with Gasteiger partial charge in [-0.3, -0.25) is 4.99 Å². The van der Waals surface area contributed by atoms with Gasteiger partial charge in [0.2, 0.25) is 0 Å². The SMILES string of the molecule is CC1Cc2ccccc2N(C)C1C1=NCCN1.O=C(O)/C=C\C(=O)O. The van der Waals surface area contributed by atoms with Crippen LogP contribution in [0.2, 0.25) is 0 Å². The first-order valence-corrected chi connectivity index (χ1v) is 8.13. The lowest BCUT2D eigenvalue weighted by Crippen LogP contribution is -2.50. The second kappa shape index (κ2) is 8.32. The Morgan fingerprint density at radius 1 is 1.24 bits per heavy atom. The molecule has 0 aliphatic carbocycles. The van der Waals surface area contributed by atoms with Crippen molar-refractivity contribution in [1.29, 1.82) is 0 Å². The molecule has 2 aliphatic rings. The zero-order valence-electron chi connectivity index (χ0n) is 14.3. The molecule has 7 heteroatoms. The van der Waals surface area contributed by atoms with Crippen molar-refractivity contribution in [2.24, 2.45) is 10.9 Å². The van der Waals surface area contributed by atoms with E-state index in [1.807, 2.05) is 0 Å². The molecule has 1 aromatic carbocycles. The van der Waals surface area contributed by atoms with E-state index in [4.69, 9.17) is 10.2 Å². The highest BCUT2D eigenvalue weighted by Crippen LogP contribution is 2.33. The molecule has 2 aliphatic heterocycles. The molecule has 2 atom stereocenters. The lowest BCUT2D eigenvalue weighted by molar-refractivity contribution is -0.134. The number of aliphatic carboxylic acids is 2. The summed E-state index contributed by atoms with van der Waals surface area (Å²) < 4.78 is 0. The Bertz CT molecular complexity index is 683. The number of anilines is 1. The molecule has 0 aromatic heterocycles. The Hall–Kier alpha value is -2.83. The lowest BCUT2D eigenvalue weighted by Gasteiger charge is -2.40.